The van der Waals surface area contributed by atoms with Crippen molar-refractivity contribution in [3.63, 3.8) is 0 Å². The van der Waals surface area contributed by atoms with Crippen LogP contribution >= 0.6 is 0 Å². The van der Waals surface area contributed by atoms with Crippen LogP contribution in [0.15, 0.2) is 85.1 Å². The van der Waals surface area contributed by atoms with E-state index in [1.165, 1.54) is 6.20 Å². The van der Waals surface area contributed by atoms with Crippen molar-refractivity contribution in [3.8, 4) is 5.75 Å². The zero-order valence-corrected chi connectivity index (χ0v) is 17.7. The number of ether oxygens (including phenoxy) is 1. The fourth-order valence-electron chi connectivity index (χ4n) is 3.45. The van der Waals surface area contributed by atoms with Crippen LogP contribution in [-0.2, 0) is 4.79 Å². The molecular weight excluding hydrogens is 420 g/mol. The first-order valence-corrected chi connectivity index (χ1v) is 10.2. The Morgan fingerprint density at radius 1 is 0.879 bits per heavy atom. The molecule has 33 heavy (non-hydrogen) atoms. The zero-order chi connectivity index (χ0) is 23.4. The van der Waals surface area contributed by atoms with Crippen molar-refractivity contribution in [2.75, 3.05) is 5.32 Å². The van der Waals surface area contributed by atoms with Gasteiger partial charge >= 0.3 is 12.1 Å². The summed E-state index contributed by atoms with van der Waals surface area (Å²) in [6.07, 6.45) is 0.806. The van der Waals surface area contributed by atoms with Crippen molar-refractivity contribution in [3.05, 3.63) is 102 Å². The van der Waals surface area contributed by atoms with Gasteiger partial charge in [0.2, 0.25) is 5.78 Å². The van der Waals surface area contributed by atoms with Gasteiger partial charge in [0, 0.05) is 22.8 Å². The fourth-order valence-corrected chi connectivity index (χ4v) is 3.45. The van der Waals surface area contributed by atoms with E-state index in [-0.39, 0.29) is 11.5 Å². The largest absolute Gasteiger partial charge is 0.481 e. The molecule has 1 aromatic heterocycles. The molecular formula is C26H20N2O5. The first kappa shape index (κ1) is 21.7. The molecule has 0 aliphatic carbocycles. The lowest BCUT2D eigenvalue weighted by Crippen LogP contribution is -2.16. The second-order valence-electron chi connectivity index (χ2n) is 7.40. The number of aliphatic carboxylic acids is 1. The van der Waals surface area contributed by atoms with Gasteiger partial charge in [-0.15, -0.1) is 0 Å². The van der Waals surface area contributed by atoms with Crippen LogP contribution in [0.25, 0.3) is 10.8 Å². The van der Waals surface area contributed by atoms with E-state index in [0.717, 1.165) is 0 Å². The number of nitrogens with zero attached hydrogens (tertiary/aromatic N) is 1. The van der Waals surface area contributed by atoms with E-state index in [4.69, 9.17) is 4.74 Å². The number of nitrogens with one attached hydrogen (secondary N) is 1. The topological polar surface area (TPSA) is 106 Å². The Labute approximate surface area is 189 Å². The van der Waals surface area contributed by atoms with Gasteiger partial charge in [0.25, 0.3) is 0 Å². The number of amides is 1. The summed E-state index contributed by atoms with van der Waals surface area (Å²) >= 11 is 0. The molecule has 2 N–H and O–H groups in total. The van der Waals surface area contributed by atoms with Gasteiger partial charge in [0.15, 0.2) is 0 Å². The summed E-state index contributed by atoms with van der Waals surface area (Å²) in [6.45, 7) is 1.59. The summed E-state index contributed by atoms with van der Waals surface area (Å²) in [5.41, 5.74) is 1.63. The van der Waals surface area contributed by atoms with E-state index < -0.39 is 18.0 Å². The number of para-hydroxylation sites is 1. The molecule has 0 spiro atoms. The van der Waals surface area contributed by atoms with Crippen molar-refractivity contribution in [1.82, 2.24) is 4.98 Å². The number of carboxylic acid groups (broad SMARTS) is 1. The number of benzene rings is 3. The Kier molecular flexibility index (Phi) is 6.13. The molecule has 0 aliphatic heterocycles. The first-order chi connectivity index (χ1) is 15.9. The van der Waals surface area contributed by atoms with Crippen LogP contribution in [0.2, 0.25) is 0 Å². The molecule has 3 aromatic carbocycles. The lowest BCUT2D eigenvalue weighted by atomic mass is 9.94. The number of rotatable bonds is 6. The Hall–Kier alpha value is -4.52. The molecule has 0 saturated carbocycles. The predicted molar refractivity (Wildman–Crippen MR) is 124 cm³/mol. The highest BCUT2D eigenvalue weighted by atomic mass is 16.6. The van der Waals surface area contributed by atoms with Gasteiger partial charge in [-0.05, 0) is 54.3 Å². The zero-order valence-electron chi connectivity index (χ0n) is 17.7. The summed E-state index contributed by atoms with van der Waals surface area (Å²) in [5.74, 6) is -1.61. The van der Waals surface area contributed by atoms with Gasteiger partial charge in [0.05, 0.1) is 5.92 Å². The molecule has 4 rings (SSSR count). The van der Waals surface area contributed by atoms with Crippen LogP contribution in [0.5, 0.6) is 5.75 Å². The minimum Gasteiger partial charge on any atom is -0.481 e. The number of aromatic nitrogens is 1. The van der Waals surface area contributed by atoms with Gasteiger partial charge < -0.3 is 9.84 Å². The van der Waals surface area contributed by atoms with Crippen LogP contribution < -0.4 is 10.1 Å². The van der Waals surface area contributed by atoms with E-state index in [9.17, 15) is 19.5 Å². The molecule has 1 unspecified atom stereocenters. The van der Waals surface area contributed by atoms with Crippen molar-refractivity contribution >= 4 is 34.3 Å². The van der Waals surface area contributed by atoms with E-state index in [1.54, 1.807) is 79.7 Å². The van der Waals surface area contributed by atoms with Crippen molar-refractivity contribution in [2.24, 2.45) is 0 Å². The summed E-state index contributed by atoms with van der Waals surface area (Å²) in [6, 6.07) is 22.2. The highest BCUT2D eigenvalue weighted by Crippen LogP contribution is 2.28. The number of fused-ring (bicyclic) bond motifs is 1. The molecule has 0 fully saturated rings. The number of anilines is 1. The number of hydrogen-bond donors (Lipinski definition) is 2. The van der Waals surface area contributed by atoms with Gasteiger partial charge in [-0.3, -0.25) is 19.9 Å². The fraction of sp³-hybridized carbons (Fsp3) is 0.0769. The Balaban J connectivity index is 1.56. The van der Waals surface area contributed by atoms with Crippen LogP contribution in [0, 0.1) is 0 Å². The van der Waals surface area contributed by atoms with Crippen LogP contribution in [0.4, 0.5) is 10.5 Å². The lowest BCUT2D eigenvalue weighted by Gasteiger charge is -2.13. The van der Waals surface area contributed by atoms with E-state index in [1.807, 2.05) is 6.07 Å². The standard InChI is InChI=1S/C26H20N2O5/c1-16(25(30)31)22-15-27-23(21-10-6-5-9-20(21)22)24(29)17-11-13-18(14-12-17)28-26(32)33-19-7-3-2-4-8-19/h2-16H,1H3,(H,28,32)(H,30,31). The second kappa shape index (κ2) is 9.32. The molecule has 0 saturated heterocycles. The van der Waals surface area contributed by atoms with Gasteiger partial charge in [-0.1, -0.05) is 42.5 Å². The van der Waals surface area contributed by atoms with Crippen LogP contribution in [0.1, 0.15) is 34.5 Å². The number of carbonyl (C=O) groups excluding carboxylic acids is 2. The molecule has 0 aliphatic rings. The lowest BCUT2D eigenvalue weighted by molar-refractivity contribution is -0.138. The van der Waals surface area contributed by atoms with Crippen LogP contribution in [-0.4, -0.2) is 27.9 Å². The van der Waals surface area contributed by atoms with Gasteiger partial charge in [0.1, 0.15) is 11.4 Å². The Morgan fingerprint density at radius 3 is 2.18 bits per heavy atom. The van der Waals surface area contributed by atoms with Crippen molar-refractivity contribution in [1.29, 1.82) is 0 Å². The minimum atomic E-state index is -0.963. The summed E-state index contributed by atoms with van der Waals surface area (Å²) in [5, 5.41) is 13.3. The third-order valence-electron chi connectivity index (χ3n) is 5.23. The quantitative estimate of drug-likeness (QED) is 0.396. The number of pyridine rings is 1. The minimum absolute atomic E-state index is 0.233. The molecule has 1 heterocycles. The third kappa shape index (κ3) is 4.72. The molecule has 7 nitrogen and oxygen atoms in total. The Morgan fingerprint density at radius 2 is 1.52 bits per heavy atom. The number of ketones is 1. The highest BCUT2D eigenvalue weighted by Gasteiger charge is 2.21. The first-order valence-electron chi connectivity index (χ1n) is 10.2. The highest BCUT2D eigenvalue weighted by molar-refractivity contribution is 6.15. The SMILES string of the molecule is CC(C(=O)O)c1cnc(C(=O)c2ccc(NC(=O)Oc3ccccc3)cc2)c2ccccc12. The molecule has 1 amide bonds. The molecule has 7 heteroatoms. The van der Waals surface area contributed by atoms with E-state index in [0.29, 0.717) is 33.3 Å². The molecule has 4 aromatic rings. The predicted octanol–water partition coefficient (Wildman–Crippen LogP) is 5.26. The maximum atomic E-state index is 13.2. The summed E-state index contributed by atoms with van der Waals surface area (Å²) in [4.78, 5) is 41.0. The molecule has 1 atom stereocenters. The normalized spacial score (nSPS) is 11.5. The van der Waals surface area contributed by atoms with E-state index >= 15 is 0 Å². The second-order valence-corrected chi connectivity index (χ2v) is 7.40. The third-order valence-corrected chi connectivity index (χ3v) is 5.23. The maximum absolute atomic E-state index is 13.2. The molecule has 0 bridgehead atoms. The van der Waals surface area contributed by atoms with E-state index in [2.05, 4.69) is 10.3 Å². The van der Waals surface area contributed by atoms with Crippen molar-refractivity contribution < 1.29 is 24.2 Å². The average Bonchev–Trinajstić information content (AvgIpc) is 2.83. The smallest absolute Gasteiger partial charge is 0.417 e. The summed E-state index contributed by atoms with van der Waals surface area (Å²) < 4.78 is 5.19. The Bertz CT molecular complexity index is 1330. The number of carbonyl (C=O) groups is 3. The van der Waals surface area contributed by atoms with Crippen molar-refractivity contribution in [2.45, 2.75) is 12.8 Å². The van der Waals surface area contributed by atoms with Gasteiger partial charge in [-0.2, -0.15) is 0 Å². The monoisotopic (exact) mass is 440 g/mol. The summed E-state index contributed by atoms with van der Waals surface area (Å²) in [7, 11) is 0. The molecule has 0 radical (unpaired) electrons. The van der Waals surface area contributed by atoms with Gasteiger partial charge in [-0.25, -0.2) is 4.79 Å². The maximum Gasteiger partial charge on any atom is 0.417 e. The molecule has 164 valence electrons. The average molecular weight is 440 g/mol. The number of carboxylic acids is 1. The number of hydrogen-bond acceptors (Lipinski definition) is 5. The van der Waals surface area contributed by atoms with Crippen LogP contribution in [0.3, 0.4) is 0 Å².